The maximum atomic E-state index is 13.4. The highest BCUT2D eigenvalue weighted by Gasteiger charge is 2.33. The lowest BCUT2D eigenvalue weighted by Gasteiger charge is -2.33. The zero-order chi connectivity index (χ0) is 28.9. The SMILES string of the molecule is C[C@H](CO)N1C[C@H](C)[C@@H](CN(C)S(=O)(=O)c2ccccc2)Oc2ccc(NC(=O)c3ccncc3)cc2CC1=O. The van der Waals surface area contributed by atoms with Gasteiger partial charge in [-0.25, -0.2) is 8.42 Å². The number of amides is 2. The quantitative estimate of drug-likeness (QED) is 0.429. The number of anilines is 1. The van der Waals surface area contributed by atoms with E-state index in [1.165, 1.54) is 23.7 Å². The molecule has 0 radical (unpaired) electrons. The van der Waals surface area contributed by atoms with Crippen molar-refractivity contribution >= 4 is 27.5 Å². The first-order valence-corrected chi connectivity index (χ1v) is 14.5. The summed E-state index contributed by atoms with van der Waals surface area (Å²) in [6.07, 6.45) is 2.42. The van der Waals surface area contributed by atoms with Crippen LogP contribution in [0.15, 0.2) is 78.0 Å². The van der Waals surface area contributed by atoms with E-state index in [-0.39, 0.29) is 48.7 Å². The molecule has 10 nitrogen and oxygen atoms in total. The number of fused-ring (bicyclic) bond motifs is 1. The third-order valence-corrected chi connectivity index (χ3v) is 8.84. The van der Waals surface area contributed by atoms with Crippen molar-refractivity contribution in [2.24, 2.45) is 5.92 Å². The topological polar surface area (TPSA) is 129 Å². The molecule has 1 aliphatic heterocycles. The molecule has 212 valence electrons. The minimum absolute atomic E-state index is 0.0176. The summed E-state index contributed by atoms with van der Waals surface area (Å²) in [5, 5.41) is 12.7. The standard InChI is InChI=1S/C29H34N4O6S/c1-20-17-33(21(2)19-34)28(35)16-23-15-24(31-29(36)22-11-13-30-14-12-22)9-10-26(23)39-27(20)18-32(3)40(37,38)25-7-5-4-6-8-25/h4-15,20-21,27,34H,16-19H2,1-3H3,(H,31,36)/t20-,21+,27+/m0/s1. The number of pyridine rings is 1. The van der Waals surface area contributed by atoms with Gasteiger partial charge in [-0.05, 0) is 49.4 Å². The van der Waals surface area contributed by atoms with Crippen LogP contribution in [0.25, 0.3) is 0 Å². The lowest BCUT2D eigenvalue weighted by molar-refractivity contribution is -0.134. The number of nitrogens with zero attached hydrogens (tertiary/aromatic N) is 3. The first-order valence-electron chi connectivity index (χ1n) is 13.0. The Balaban J connectivity index is 1.65. The first kappa shape index (κ1) is 29.2. The van der Waals surface area contributed by atoms with Gasteiger partial charge in [0.2, 0.25) is 15.9 Å². The average molecular weight is 567 g/mol. The van der Waals surface area contributed by atoms with E-state index in [1.807, 2.05) is 6.92 Å². The van der Waals surface area contributed by atoms with E-state index < -0.39 is 22.2 Å². The number of sulfonamides is 1. The molecule has 0 saturated carbocycles. The van der Waals surface area contributed by atoms with Crippen molar-refractivity contribution in [3.8, 4) is 5.75 Å². The second-order valence-electron chi connectivity index (χ2n) is 10.00. The van der Waals surface area contributed by atoms with Crippen LogP contribution in [0.3, 0.4) is 0 Å². The first-order chi connectivity index (χ1) is 19.1. The molecular formula is C29H34N4O6S. The molecule has 11 heteroatoms. The molecule has 0 bridgehead atoms. The van der Waals surface area contributed by atoms with Gasteiger partial charge in [-0.1, -0.05) is 25.1 Å². The number of aromatic nitrogens is 1. The van der Waals surface area contributed by atoms with Crippen LogP contribution < -0.4 is 10.1 Å². The average Bonchev–Trinajstić information content (AvgIpc) is 3.01. The summed E-state index contributed by atoms with van der Waals surface area (Å²) in [6.45, 7) is 3.74. The zero-order valence-electron chi connectivity index (χ0n) is 22.7. The summed E-state index contributed by atoms with van der Waals surface area (Å²) in [4.78, 5) is 31.8. The van der Waals surface area contributed by atoms with E-state index in [9.17, 15) is 23.1 Å². The number of rotatable bonds is 8. The number of carbonyl (C=O) groups excluding carboxylic acids is 2. The van der Waals surface area contributed by atoms with E-state index in [0.29, 0.717) is 22.6 Å². The Morgan fingerprint density at radius 3 is 2.55 bits per heavy atom. The molecule has 0 unspecified atom stereocenters. The number of aliphatic hydroxyl groups is 1. The van der Waals surface area contributed by atoms with Crippen LogP contribution in [0.4, 0.5) is 5.69 Å². The lowest BCUT2D eigenvalue weighted by Crippen LogP contribution is -2.48. The molecule has 2 aromatic carbocycles. The molecule has 2 amide bonds. The number of ether oxygens (including phenoxy) is 1. The fourth-order valence-corrected chi connectivity index (χ4v) is 5.76. The number of benzene rings is 2. The van der Waals surface area contributed by atoms with E-state index in [1.54, 1.807) is 72.5 Å². The smallest absolute Gasteiger partial charge is 0.255 e. The molecule has 4 rings (SSSR count). The largest absolute Gasteiger partial charge is 0.488 e. The van der Waals surface area contributed by atoms with Gasteiger partial charge in [0, 0.05) is 48.7 Å². The molecule has 40 heavy (non-hydrogen) atoms. The molecule has 3 atom stereocenters. The predicted molar refractivity (Wildman–Crippen MR) is 150 cm³/mol. The predicted octanol–water partition coefficient (Wildman–Crippen LogP) is 2.80. The summed E-state index contributed by atoms with van der Waals surface area (Å²) in [5.74, 6) is -0.381. The molecule has 1 aromatic heterocycles. The van der Waals surface area contributed by atoms with E-state index in [0.717, 1.165) is 0 Å². The van der Waals surface area contributed by atoms with Crippen LogP contribution in [-0.2, 0) is 21.2 Å². The second kappa shape index (κ2) is 12.6. The van der Waals surface area contributed by atoms with Crippen LogP contribution in [0, 0.1) is 5.92 Å². The van der Waals surface area contributed by atoms with E-state index >= 15 is 0 Å². The summed E-state index contributed by atoms with van der Waals surface area (Å²) >= 11 is 0. The molecule has 0 aliphatic carbocycles. The summed E-state index contributed by atoms with van der Waals surface area (Å²) in [7, 11) is -2.28. The minimum atomic E-state index is -3.78. The number of hydrogen-bond acceptors (Lipinski definition) is 7. The Bertz CT molecular complexity index is 1440. The monoisotopic (exact) mass is 566 g/mol. The van der Waals surface area contributed by atoms with Crippen LogP contribution in [0.1, 0.15) is 29.8 Å². The van der Waals surface area contributed by atoms with E-state index in [2.05, 4.69) is 10.3 Å². The van der Waals surface area contributed by atoms with Crippen molar-refractivity contribution in [3.05, 3.63) is 84.2 Å². The third-order valence-electron chi connectivity index (χ3n) is 7.01. The Kier molecular flexibility index (Phi) is 9.18. The van der Waals surface area contributed by atoms with Gasteiger partial charge in [0.1, 0.15) is 11.9 Å². The Labute approximate surface area is 234 Å². The number of nitrogens with one attached hydrogen (secondary N) is 1. The van der Waals surface area contributed by atoms with Crippen molar-refractivity contribution in [2.45, 2.75) is 37.3 Å². The molecule has 3 aromatic rings. The second-order valence-corrected chi connectivity index (χ2v) is 12.0. The summed E-state index contributed by atoms with van der Waals surface area (Å²) in [6, 6.07) is 16.0. The van der Waals surface area contributed by atoms with Gasteiger partial charge in [0.05, 0.1) is 30.5 Å². The summed E-state index contributed by atoms with van der Waals surface area (Å²) < 4.78 is 34.2. The summed E-state index contributed by atoms with van der Waals surface area (Å²) in [5.41, 5.74) is 1.46. The highest BCUT2D eigenvalue weighted by Crippen LogP contribution is 2.30. The Hall–Kier alpha value is -3.80. The highest BCUT2D eigenvalue weighted by molar-refractivity contribution is 7.89. The van der Waals surface area contributed by atoms with Crippen LogP contribution >= 0.6 is 0 Å². The van der Waals surface area contributed by atoms with Crippen LogP contribution in [0.5, 0.6) is 5.75 Å². The number of carbonyl (C=O) groups is 2. The maximum Gasteiger partial charge on any atom is 0.255 e. The van der Waals surface area contributed by atoms with Crippen LogP contribution in [0.2, 0.25) is 0 Å². The normalized spacial score (nSPS) is 18.6. The van der Waals surface area contributed by atoms with Crippen molar-refractivity contribution in [2.75, 3.05) is 32.1 Å². The Morgan fingerprint density at radius 1 is 1.18 bits per heavy atom. The molecule has 2 N–H and O–H groups in total. The van der Waals surface area contributed by atoms with Gasteiger partial charge in [-0.2, -0.15) is 4.31 Å². The van der Waals surface area contributed by atoms with Gasteiger partial charge in [-0.15, -0.1) is 0 Å². The molecule has 1 aliphatic rings. The molecule has 2 heterocycles. The van der Waals surface area contributed by atoms with Gasteiger partial charge in [0.25, 0.3) is 5.91 Å². The minimum Gasteiger partial charge on any atom is -0.488 e. The fraction of sp³-hybridized carbons (Fsp3) is 0.345. The molecule has 0 saturated heterocycles. The van der Waals surface area contributed by atoms with Gasteiger partial charge >= 0.3 is 0 Å². The van der Waals surface area contributed by atoms with Crippen molar-refractivity contribution in [1.82, 2.24) is 14.2 Å². The molecule has 0 fully saturated rings. The van der Waals surface area contributed by atoms with Crippen molar-refractivity contribution in [3.63, 3.8) is 0 Å². The van der Waals surface area contributed by atoms with Crippen molar-refractivity contribution in [1.29, 1.82) is 0 Å². The third kappa shape index (κ3) is 6.67. The number of aliphatic hydroxyl groups excluding tert-OH is 1. The Morgan fingerprint density at radius 2 is 1.88 bits per heavy atom. The number of hydrogen-bond donors (Lipinski definition) is 2. The van der Waals surface area contributed by atoms with Gasteiger partial charge < -0.3 is 20.1 Å². The van der Waals surface area contributed by atoms with Gasteiger partial charge in [-0.3, -0.25) is 14.6 Å². The fourth-order valence-electron chi connectivity index (χ4n) is 4.56. The van der Waals surface area contributed by atoms with Crippen molar-refractivity contribution < 1.29 is 27.9 Å². The van der Waals surface area contributed by atoms with Gasteiger partial charge in [0.15, 0.2) is 0 Å². The molecule has 0 spiro atoms. The number of likely N-dealkylation sites (N-methyl/N-ethyl adjacent to an activating group) is 1. The highest BCUT2D eigenvalue weighted by atomic mass is 32.2. The molecular weight excluding hydrogens is 532 g/mol. The van der Waals surface area contributed by atoms with Crippen LogP contribution in [-0.4, -0.2) is 78.4 Å². The zero-order valence-corrected chi connectivity index (χ0v) is 23.5. The lowest BCUT2D eigenvalue weighted by atomic mass is 10.0. The van der Waals surface area contributed by atoms with E-state index in [4.69, 9.17) is 4.74 Å². The maximum absolute atomic E-state index is 13.4.